The molecule has 1 aromatic carbocycles. The van der Waals surface area contributed by atoms with Gasteiger partial charge in [0.05, 0.1) is 0 Å². The fourth-order valence-electron chi connectivity index (χ4n) is 1.50. The molecule has 17 heavy (non-hydrogen) atoms. The Morgan fingerprint density at radius 1 is 1.35 bits per heavy atom. The van der Waals surface area contributed by atoms with Gasteiger partial charge in [-0.25, -0.2) is 4.39 Å². The normalized spacial score (nSPS) is 10.4. The molecule has 0 saturated heterocycles. The first-order chi connectivity index (χ1) is 8.04. The van der Waals surface area contributed by atoms with Gasteiger partial charge in [-0.15, -0.1) is 0 Å². The lowest BCUT2D eigenvalue weighted by molar-refractivity contribution is 0.625. The van der Waals surface area contributed by atoms with E-state index in [1.54, 1.807) is 18.3 Å². The van der Waals surface area contributed by atoms with Crippen molar-refractivity contribution in [2.75, 3.05) is 7.05 Å². The van der Waals surface area contributed by atoms with Gasteiger partial charge in [-0.1, -0.05) is 26.5 Å². The number of hydrogen-bond donors (Lipinski definition) is 0. The Morgan fingerprint density at radius 2 is 1.94 bits per heavy atom. The van der Waals surface area contributed by atoms with Crippen molar-refractivity contribution >= 4 is 5.57 Å². The van der Waals surface area contributed by atoms with E-state index in [0.29, 0.717) is 0 Å². The second kappa shape index (κ2) is 7.66. The summed E-state index contributed by atoms with van der Waals surface area (Å²) < 4.78 is 12.9. The molecule has 0 N–H and O–H groups in total. The Bertz CT molecular complexity index is 394. The summed E-state index contributed by atoms with van der Waals surface area (Å²) in [6.45, 7) is 11.6. The molecule has 2 heteroatoms. The summed E-state index contributed by atoms with van der Waals surface area (Å²) in [5, 5.41) is 0. The summed E-state index contributed by atoms with van der Waals surface area (Å²) in [5.41, 5.74) is 3.10. The highest BCUT2D eigenvalue weighted by atomic mass is 19.1. The Kier molecular flexibility index (Phi) is 6.95. The number of aryl methyl sites for hydroxylation is 1. The average molecular weight is 235 g/mol. The van der Waals surface area contributed by atoms with E-state index < -0.39 is 0 Å². The van der Waals surface area contributed by atoms with Gasteiger partial charge in [0.1, 0.15) is 5.82 Å². The van der Waals surface area contributed by atoms with Gasteiger partial charge in [-0.2, -0.15) is 0 Å². The maximum Gasteiger partial charge on any atom is 0.123 e. The molecule has 0 fully saturated rings. The summed E-state index contributed by atoms with van der Waals surface area (Å²) in [5.74, 6) is -0.193. The zero-order valence-corrected chi connectivity index (χ0v) is 11.4. The van der Waals surface area contributed by atoms with Gasteiger partial charge < -0.3 is 4.90 Å². The van der Waals surface area contributed by atoms with E-state index in [-0.39, 0.29) is 5.82 Å². The minimum Gasteiger partial charge on any atom is -0.358 e. The van der Waals surface area contributed by atoms with Crippen LogP contribution in [0.4, 0.5) is 4.39 Å². The molecule has 0 heterocycles. The molecule has 0 bridgehead atoms. The van der Waals surface area contributed by atoms with Crippen LogP contribution < -0.4 is 0 Å². The number of allylic oxidation sites excluding steroid dienone is 1. The monoisotopic (exact) mass is 235 g/mol. The molecular formula is C15H22FN. The van der Waals surface area contributed by atoms with E-state index in [1.807, 2.05) is 45.8 Å². The van der Waals surface area contributed by atoms with Gasteiger partial charge in [-0.3, -0.25) is 0 Å². The topological polar surface area (TPSA) is 3.24 Å². The van der Waals surface area contributed by atoms with Crippen molar-refractivity contribution in [2.24, 2.45) is 0 Å². The fourth-order valence-corrected chi connectivity index (χ4v) is 1.50. The molecule has 0 aliphatic rings. The van der Waals surface area contributed by atoms with E-state index in [1.165, 1.54) is 6.07 Å². The van der Waals surface area contributed by atoms with Gasteiger partial charge in [0.2, 0.25) is 0 Å². The third-order valence-electron chi connectivity index (χ3n) is 2.30. The summed E-state index contributed by atoms with van der Waals surface area (Å²) >= 11 is 0. The first-order valence-electron chi connectivity index (χ1n) is 5.84. The standard InChI is InChI=1S/C13H16FN.C2H6/c1-5-15(4)9-11(3)13-7-6-12(14)8-10(13)2;1-2/h5-9H,1H2,2-4H3;1-2H3/b11-9-;. The van der Waals surface area contributed by atoms with Crippen LogP contribution in [0.15, 0.2) is 37.2 Å². The number of hydrogen-bond acceptors (Lipinski definition) is 1. The molecule has 0 unspecified atom stereocenters. The summed E-state index contributed by atoms with van der Waals surface area (Å²) in [6.07, 6.45) is 3.69. The Balaban J connectivity index is 0.00000121. The number of halogens is 1. The highest BCUT2D eigenvalue weighted by molar-refractivity contribution is 5.66. The fraction of sp³-hybridized carbons (Fsp3) is 0.333. The van der Waals surface area contributed by atoms with Crippen LogP contribution in [0.1, 0.15) is 31.9 Å². The smallest absolute Gasteiger partial charge is 0.123 e. The van der Waals surface area contributed by atoms with Crippen LogP contribution in [0.3, 0.4) is 0 Å². The van der Waals surface area contributed by atoms with Crippen molar-refractivity contribution in [2.45, 2.75) is 27.7 Å². The van der Waals surface area contributed by atoms with Crippen molar-refractivity contribution in [1.82, 2.24) is 4.90 Å². The lowest BCUT2D eigenvalue weighted by atomic mass is 10.0. The van der Waals surface area contributed by atoms with Crippen LogP contribution in [0.2, 0.25) is 0 Å². The third-order valence-corrected chi connectivity index (χ3v) is 2.30. The van der Waals surface area contributed by atoms with E-state index in [0.717, 1.165) is 16.7 Å². The maximum absolute atomic E-state index is 12.9. The number of benzene rings is 1. The SMILES string of the molecule is C=CN(C)/C=C(/C)c1ccc(F)cc1C.CC. The Labute approximate surface area is 104 Å². The minimum absolute atomic E-state index is 0.193. The van der Waals surface area contributed by atoms with Crippen LogP contribution in [0.5, 0.6) is 0 Å². The van der Waals surface area contributed by atoms with Crippen molar-refractivity contribution in [1.29, 1.82) is 0 Å². The molecule has 1 rings (SSSR count). The van der Waals surface area contributed by atoms with Crippen LogP contribution in [0, 0.1) is 12.7 Å². The van der Waals surface area contributed by atoms with Gasteiger partial charge in [0, 0.05) is 13.2 Å². The number of nitrogens with zero attached hydrogens (tertiary/aromatic N) is 1. The highest BCUT2D eigenvalue weighted by Crippen LogP contribution is 2.19. The molecule has 0 saturated carbocycles. The zero-order valence-electron chi connectivity index (χ0n) is 11.4. The number of rotatable bonds is 3. The highest BCUT2D eigenvalue weighted by Gasteiger charge is 2.02. The van der Waals surface area contributed by atoms with Crippen LogP contribution in [-0.2, 0) is 0 Å². The first kappa shape index (κ1) is 15.4. The molecule has 0 aromatic heterocycles. The Hall–Kier alpha value is -1.57. The van der Waals surface area contributed by atoms with Gasteiger partial charge in [0.25, 0.3) is 0 Å². The van der Waals surface area contributed by atoms with E-state index in [4.69, 9.17) is 0 Å². The molecule has 0 radical (unpaired) electrons. The lowest BCUT2D eigenvalue weighted by Crippen LogP contribution is -2.00. The molecule has 94 valence electrons. The zero-order chi connectivity index (χ0) is 13.4. The summed E-state index contributed by atoms with van der Waals surface area (Å²) in [4.78, 5) is 1.87. The molecule has 0 aliphatic carbocycles. The van der Waals surface area contributed by atoms with E-state index in [2.05, 4.69) is 6.58 Å². The molecule has 1 nitrogen and oxygen atoms in total. The molecule has 0 atom stereocenters. The third kappa shape index (κ3) is 4.85. The largest absolute Gasteiger partial charge is 0.358 e. The summed E-state index contributed by atoms with van der Waals surface area (Å²) in [6, 6.07) is 4.82. The predicted octanol–water partition coefficient (Wildman–Crippen LogP) is 4.60. The maximum atomic E-state index is 12.9. The van der Waals surface area contributed by atoms with Crippen LogP contribution in [0.25, 0.3) is 5.57 Å². The van der Waals surface area contributed by atoms with Gasteiger partial charge in [0.15, 0.2) is 0 Å². The van der Waals surface area contributed by atoms with E-state index >= 15 is 0 Å². The molecule has 0 aliphatic heterocycles. The lowest BCUT2D eigenvalue weighted by Gasteiger charge is -2.11. The molecule has 1 aromatic rings. The second-order valence-corrected chi connectivity index (χ2v) is 3.62. The predicted molar refractivity (Wildman–Crippen MR) is 74.1 cm³/mol. The Morgan fingerprint density at radius 3 is 2.41 bits per heavy atom. The van der Waals surface area contributed by atoms with Crippen molar-refractivity contribution in [3.8, 4) is 0 Å². The second-order valence-electron chi connectivity index (χ2n) is 3.62. The molecule has 0 amide bonds. The first-order valence-corrected chi connectivity index (χ1v) is 5.84. The van der Waals surface area contributed by atoms with Crippen molar-refractivity contribution in [3.63, 3.8) is 0 Å². The average Bonchev–Trinajstić information content (AvgIpc) is 2.31. The minimum atomic E-state index is -0.193. The van der Waals surface area contributed by atoms with Gasteiger partial charge >= 0.3 is 0 Å². The van der Waals surface area contributed by atoms with Crippen LogP contribution in [-0.4, -0.2) is 11.9 Å². The summed E-state index contributed by atoms with van der Waals surface area (Å²) in [7, 11) is 1.91. The molecular weight excluding hydrogens is 213 g/mol. The van der Waals surface area contributed by atoms with Crippen LogP contribution >= 0.6 is 0 Å². The van der Waals surface area contributed by atoms with Crippen molar-refractivity contribution in [3.05, 3.63) is 54.1 Å². The quantitative estimate of drug-likeness (QED) is 0.740. The van der Waals surface area contributed by atoms with Gasteiger partial charge in [-0.05, 0) is 48.9 Å². The molecule has 0 spiro atoms. The van der Waals surface area contributed by atoms with E-state index in [9.17, 15) is 4.39 Å². The van der Waals surface area contributed by atoms with Crippen molar-refractivity contribution < 1.29 is 4.39 Å².